The van der Waals surface area contributed by atoms with Crippen molar-refractivity contribution in [3.05, 3.63) is 90.3 Å². The zero-order chi connectivity index (χ0) is 23.2. The zero-order valence-corrected chi connectivity index (χ0v) is 18.2. The molecule has 4 aromatic rings. The number of amides is 3. The molecular formula is C25H23N5O3. The first-order valence-electron chi connectivity index (χ1n) is 10.5. The van der Waals surface area contributed by atoms with Crippen molar-refractivity contribution in [2.75, 3.05) is 16.0 Å². The summed E-state index contributed by atoms with van der Waals surface area (Å²) in [4.78, 5) is 29.0. The molecule has 0 saturated carbocycles. The highest BCUT2D eigenvalue weighted by Gasteiger charge is 2.12. The van der Waals surface area contributed by atoms with Crippen molar-refractivity contribution in [3.8, 4) is 11.5 Å². The molecule has 0 unspecified atom stereocenters. The SMILES string of the molecule is CC(C)c1noc(-c2ccc(NC(=O)c3ccc(NC(=O)Nc4ccccc4)cc3)cc2)n1. The maximum Gasteiger partial charge on any atom is 0.323 e. The van der Waals surface area contributed by atoms with Crippen LogP contribution in [-0.4, -0.2) is 22.1 Å². The number of carbonyl (C=O) groups excluding carboxylic acids is 2. The molecule has 4 rings (SSSR count). The summed E-state index contributed by atoms with van der Waals surface area (Å²) >= 11 is 0. The molecule has 3 N–H and O–H groups in total. The fraction of sp³-hybridized carbons (Fsp3) is 0.120. The summed E-state index contributed by atoms with van der Waals surface area (Å²) < 4.78 is 5.29. The second-order valence-corrected chi connectivity index (χ2v) is 7.67. The largest absolute Gasteiger partial charge is 0.334 e. The second-order valence-electron chi connectivity index (χ2n) is 7.67. The van der Waals surface area contributed by atoms with Gasteiger partial charge in [-0.2, -0.15) is 4.98 Å². The average Bonchev–Trinajstić information content (AvgIpc) is 3.31. The molecule has 0 aliphatic rings. The van der Waals surface area contributed by atoms with Crippen LogP contribution in [0.1, 0.15) is 35.9 Å². The smallest absolute Gasteiger partial charge is 0.323 e. The summed E-state index contributed by atoms with van der Waals surface area (Å²) in [5.41, 5.74) is 3.14. The number of anilines is 3. The van der Waals surface area contributed by atoms with Crippen LogP contribution in [0.5, 0.6) is 0 Å². The first-order valence-corrected chi connectivity index (χ1v) is 10.5. The van der Waals surface area contributed by atoms with Crippen LogP contribution in [0.25, 0.3) is 11.5 Å². The molecule has 0 saturated heterocycles. The van der Waals surface area contributed by atoms with Crippen molar-refractivity contribution in [1.82, 2.24) is 10.1 Å². The van der Waals surface area contributed by atoms with Crippen LogP contribution in [0, 0.1) is 0 Å². The van der Waals surface area contributed by atoms with E-state index in [1.165, 1.54) is 0 Å². The van der Waals surface area contributed by atoms with Crippen LogP contribution in [0.3, 0.4) is 0 Å². The van der Waals surface area contributed by atoms with Crippen molar-refractivity contribution in [1.29, 1.82) is 0 Å². The molecule has 3 amide bonds. The fourth-order valence-corrected chi connectivity index (χ4v) is 3.01. The Morgan fingerprint density at radius 2 is 1.33 bits per heavy atom. The van der Waals surface area contributed by atoms with Gasteiger partial charge in [0.15, 0.2) is 5.82 Å². The van der Waals surface area contributed by atoms with Gasteiger partial charge in [-0.1, -0.05) is 37.2 Å². The molecule has 3 aromatic carbocycles. The van der Waals surface area contributed by atoms with Crippen LogP contribution in [0.2, 0.25) is 0 Å². The van der Waals surface area contributed by atoms with Crippen molar-refractivity contribution in [2.45, 2.75) is 19.8 Å². The third-order valence-corrected chi connectivity index (χ3v) is 4.78. The minimum absolute atomic E-state index is 0.181. The molecule has 8 nitrogen and oxygen atoms in total. The van der Waals surface area contributed by atoms with Gasteiger partial charge < -0.3 is 20.5 Å². The first-order chi connectivity index (χ1) is 16.0. The lowest BCUT2D eigenvalue weighted by Gasteiger charge is -2.09. The van der Waals surface area contributed by atoms with Gasteiger partial charge in [-0.15, -0.1) is 0 Å². The van der Waals surface area contributed by atoms with Crippen LogP contribution < -0.4 is 16.0 Å². The Labute approximate surface area is 191 Å². The summed E-state index contributed by atoms with van der Waals surface area (Å²) in [6.45, 7) is 3.99. The maximum atomic E-state index is 12.6. The highest BCUT2D eigenvalue weighted by atomic mass is 16.5. The number of urea groups is 1. The van der Waals surface area contributed by atoms with E-state index in [0.717, 1.165) is 5.56 Å². The maximum absolute atomic E-state index is 12.6. The van der Waals surface area contributed by atoms with Crippen LogP contribution in [0.15, 0.2) is 83.4 Å². The van der Waals surface area contributed by atoms with Gasteiger partial charge in [-0.05, 0) is 60.7 Å². The van der Waals surface area contributed by atoms with E-state index in [4.69, 9.17) is 4.52 Å². The fourth-order valence-electron chi connectivity index (χ4n) is 3.01. The summed E-state index contributed by atoms with van der Waals surface area (Å²) in [6, 6.07) is 22.6. The van der Waals surface area contributed by atoms with Crippen LogP contribution in [0.4, 0.5) is 21.9 Å². The summed E-state index contributed by atoms with van der Waals surface area (Å²) in [7, 11) is 0. The van der Waals surface area contributed by atoms with Crippen molar-refractivity contribution in [3.63, 3.8) is 0 Å². The predicted octanol–water partition coefficient (Wildman–Crippen LogP) is 5.76. The highest BCUT2D eigenvalue weighted by Crippen LogP contribution is 2.22. The van der Waals surface area contributed by atoms with Gasteiger partial charge in [0.1, 0.15) is 0 Å². The molecule has 0 bridgehead atoms. The average molecular weight is 441 g/mol. The van der Waals surface area contributed by atoms with E-state index >= 15 is 0 Å². The normalized spacial score (nSPS) is 10.6. The number of carbonyl (C=O) groups is 2. The van der Waals surface area contributed by atoms with E-state index in [9.17, 15) is 9.59 Å². The second kappa shape index (κ2) is 9.78. The molecule has 0 radical (unpaired) electrons. The number of hydrogen-bond acceptors (Lipinski definition) is 5. The van der Waals surface area contributed by atoms with E-state index in [0.29, 0.717) is 34.3 Å². The number of nitrogens with zero attached hydrogens (tertiary/aromatic N) is 2. The monoisotopic (exact) mass is 441 g/mol. The minimum Gasteiger partial charge on any atom is -0.334 e. The van der Waals surface area contributed by atoms with Gasteiger partial charge in [0.2, 0.25) is 0 Å². The molecule has 166 valence electrons. The van der Waals surface area contributed by atoms with Crippen molar-refractivity contribution in [2.24, 2.45) is 0 Å². The molecule has 8 heteroatoms. The summed E-state index contributed by atoms with van der Waals surface area (Å²) in [5, 5.41) is 12.3. The third kappa shape index (κ3) is 5.62. The lowest BCUT2D eigenvalue weighted by Crippen LogP contribution is -2.19. The quantitative estimate of drug-likeness (QED) is 0.353. The molecule has 0 spiro atoms. The lowest BCUT2D eigenvalue weighted by atomic mass is 10.1. The van der Waals surface area contributed by atoms with Crippen molar-refractivity contribution < 1.29 is 14.1 Å². The first kappa shape index (κ1) is 21.8. The van der Waals surface area contributed by atoms with Gasteiger partial charge in [-0.3, -0.25) is 4.79 Å². The van der Waals surface area contributed by atoms with Gasteiger partial charge in [0, 0.05) is 34.1 Å². The Kier molecular flexibility index (Phi) is 6.45. The zero-order valence-electron chi connectivity index (χ0n) is 18.2. The molecule has 0 aliphatic heterocycles. The molecule has 1 heterocycles. The highest BCUT2D eigenvalue weighted by molar-refractivity contribution is 6.05. The Bertz CT molecular complexity index is 1230. The minimum atomic E-state index is -0.361. The number of para-hydroxylation sites is 1. The van der Waals surface area contributed by atoms with Crippen LogP contribution >= 0.6 is 0 Å². The summed E-state index contributed by atoms with van der Waals surface area (Å²) in [6.07, 6.45) is 0. The van der Waals surface area contributed by atoms with Crippen molar-refractivity contribution >= 4 is 29.0 Å². The molecule has 0 aliphatic carbocycles. The van der Waals surface area contributed by atoms with E-state index in [-0.39, 0.29) is 17.9 Å². The molecular weight excluding hydrogens is 418 g/mol. The van der Waals surface area contributed by atoms with Gasteiger partial charge in [0.05, 0.1) is 0 Å². The third-order valence-electron chi connectivity index (χ3n) is 4.78. The Hall–Kier alpha value is -4.46. The number of benzene rings is 3. The number of aromatic nitrogens is 2. The number of nitrogens with one attached hydrogen (secondary N) is 3. The predicted molar refractivity (Wildman–Crippen MR) is 127 cm³/mol. The lowest BCUT2D eigenvalue weighted by molar-refractivity contribution is 0.102. The van der Waals surface area contributed by atoms with E-state index in [1.807, 2.05) is 44.2 Å². The molecule has 1 aromatic heterocycles. The molecule has 0 atom stereocenters. The van der Waals surface area contributed by atoms with E-state index in [2.05, 4.69) is 26.1 Å². The number of rotatable bonds is 6. The topological polar surface area (TPSA) is 109 Å². The number of hydrogen-bond donors (Lipinski definition) is 3. The molecule has 33 heavy (non-hydrogen) atoms. The standard InChI is InChI=1S/C25H23N5O3/c1-16(2)22-29-24(33-30-22)18-10-14-20(15-11-18)26-23(31)17-8-12-21(13-9-17)28-25(32)27-19-6-4-3-5-7-19/h3-16H,1-2H3,(H,26,31)(H2,27,28,32). The molecule has 0 fully saturated rings. The Balaban J connectivity index is 1.34. The Morgan fingerprint density at radius 3 is 1.94 bits per heavy atom. The Morgan fingerprint density at radius 1 is 0.758 bits per heavy atom. The van der Waals surface area contributed by atoms with E-state index in [1.54, 1.807) is 48.5 Å². The van der Waals surface area contributed by atoms with E-state index < -0.39 is 0 Å². The summed E-state index contributed by atoms with van der Waals surface area (Å²) in [5.74, 6) is 1.01. The van der Waals surface area contributed by atoms with Gasteiger partial charge in [0.25, 0.3) is 11.8 Å². The van der Waals surface area contributed by atoms with Crippen LogP contribution in [-0.2, 0) is 0 Å². The van der Waals surface area contributed by atoms with Gasteiger partial charge in [-0.25, -0.2) is 4.79 Å². The van der Waals surface area contributed by atoms with Gasteiger partial charge >= 0.3 is 6.03 Å².